The lowest BCUT2D eigenvalue weighted by Gasteiger charge is -2.32. The van der Waals surface area contributed by atoms with Crippen LogP contribution in [0.4, 0.5) is 0 Å². The monoisotopic (exact) mass is 404 g/mol. The van der Waals surface area contributed by atoms with E-state index in [0.29, 0.717) is 11.8 Å². The van der Waals surface area contributed by atoms with E-state index in [0.717, 1.165) is 44.7 Å². The third-order valence-corrected chi connectivity index (χ3v) is 6.37. The molecule has 2 aromatic heterocycles. The molecule has 1 aromatic carbocycles. The Morgan fingerprint density at radius 3 is 2.83 bits per heavy atom. The van der Waals surface area contributed by atoms with Crippen molar-refractivity contribution >= 4 is 16.9 Å². The van der Waals surface area contributed by atoms with Crippen LogP contribution < -0.4 is 0 Å². The van der Waals surface area contributed by atoms with Gasteiger partial charge in [0.05, 0.1) is 0 Å². The van der Waals surface area contributed by atoms with Crippen molar-refractivity contribution in [3.63, 3.8) is 0 Å². The van der Waals surface area contributed by atoms with Crippen LogP contribution in [0.25, 0.3) is 11.0 Å². The van der Waals surface area contributed by atoms with Crippen molar-refractivity contribution in [2.75, 3.05) is 26.7 Å². The number of piperidine rings is 1. The number of aromatic nitrogens is 2. The van der Waals surface area contributed by atoms with Crippen molar-refractivity contribution in [1.29, 1.82) is 0 Å². The van der Waals surface area contributed by atoms with Crippen LogP contribution >= 0.6 is 0 Å². The molecule has 1 fully saturated rings. The lowest BCUT2D eigenvalue weighted by atomic mass is 9.91. The summed E-state index contributed by atoms with van der Waals surface area (Å²) in [5.74, 6) is 0.974. The number of likely N-dealkylation sites (N-methyl/N-ethyl adjacent to an activating group) is 1. The summed E-state index contributed by atoms with van der Waals surface area (Å²) in [6, 6.07) is 14.9. The SMILES string of the molecule is CC(=O)N1CCC[C@@H](c2[nH]c3ncccc3c2CN(C)C[C@H](C)c2ccccc2)C1. The first kappa shape index (κ1) is 20.6. The first-order chi connectivity index (χ1) is 14.5. The molecule has 3 heterocycles. The van der Waals surface area contributed by atoms with E-state index in [4.69, 9.17) is 0 Å². The number of benzene rings is 1. The van der Waals surface area contributed by atoms with E-state index in [2.05, 4.69) is 65.2 Å². The summed E-state index contributed by atoms with van der Waals surface area (Å²) in [5.41, 5.74) is 4.91. The van der Waals surface area contributed by atoms with Crippen molar-refractivity contribution in [2.24, 2.45) is 0 Å². The van der Waals surface area contributed by atoms with Crippen LogP contribution in [0.2, 0.25) is 0 Å². The Hall–Kier alpha value is -2.66. The summed E-state index contributed by atoms with van der Waals surface area (Å²) in [5, 5.41) is 1.20. The minimum Gasteiger partial charge on any atom is -0.343 e. The van der Waals surface area contributed by atoms with Gasteiger partial charge in [-0.3, -0.25) is 4.79 Å². The maximum absolute atomic E-state index is 12.0. The van der Waals surface area contributed by atoms with Gasteiger partial charge in [0.25, 0.3) is 0 Å². The lowest BCUT2D eigenvalue weighted by molar-refractivity contribution is -0.130. The minimum atomic E-state index is 0.171. The minimum absolute atomic E-state index is 0.171. The highest BCUT2D eigenvalue weighted by atomic mass is 16.2. The van der Waals surface area contributed by atoms with E-state index in [1.54, 1.807) is 6.92 Å². The van der Waals surface area contributed by atoms with Crippen LogP contribution in [-0.2, 0) is 11.3 Å². The second-order valence-electron chi connectivity index (χ2n) is 8.73. The summed E-state index contributed by atoms with van der Waals surface area (Å²) in [4.78, 5) is 24.5. The molecule has 158 valence electrons. The van der Waals surface area contributed by atoms with Gasteiger partial charge in [-0.25, -0.2) is 4.98 Å². The predicted octanol–water partition coefficient (Wildman–Crippen LogP) is 4.52. The predicted molar refractivity (Wildman–Crippen MR) is 122 cm³/mol. The van der Waals surface area contributed by atoms with Crippen molar-refractivity contribution in [2.45, 2.75) is 45.1 Å². The van der Waals surface area contributed by atoms with Gasteiger partial charge in [-0.2, -0.15) is 0 Å². The smallest absolute Gasteiger partial charge is 0.219 e. The Morgan fingerprint density at radius 2 is 2.07 bits per heavy atom. The third kappa shape index (κ3) is 4.41. The second-order valence-corrected chi connectivity index (χ2v) is 8.73. The number of rotatable bonds is 6. The second kappa shape index (κ2) is 9.00. The van der Waals surface area contributed by atoms with E-state index >= 15 is 0 Å². The zero-order chi connectivity index (χ0) is 21.1. The highest BCUT2D eigenvalue weighted by Crippen LogP contribution is 2.33. The number of likely N-dealkylation sites (tertiary alicyclic amines) is 1. The Morgan fingerprint density at radius 1 is 1.27 bits per heavy atom. The molecule has 0 saturated carbocycles. The summed E-state index contributed by atoms with van der Waals surface area (Å²) < 4.78 is 0. The maximum Gasteiger partial charge on any atom is 0.219 e. The molecule has 1 aliphatic heterocycles. The topological polar surface area (TPSA) is 52.2 Å². The molecule has 0 spiro atoms. The lowest BCUT2D eigenvalue weighted by Crippen LogP contribution is -2.38. The van der Waals surface area contributed by atoms with Crippen LogP contribution in [0.15, 0.2) is 48.7 Å². The molecule has 1 aliphatic rings. The number of carbonyl (C=O) groups excluding carboxylic acids is 1. The van der Waals surface area contributed by atoms with Crippen LogP contribution in [0.5, 0.6) is 0 Å². The number of pyridine rings is 1. The van der Waals surface area contributed by atoms with Gasteiger partial charge in [-0.15, -0.1) is 0 Å². The fourth-order valence-corrected chi connectivity index (χ4v) is 4.80. The molecular weight excluding hydrogens is 372 g/mol. The number of nitrogens with zero attached hydrogens (tertiary/aromatic N) is 3. The van der Waals surface area contributed by atoms with Gasteiger partial charge in [-0.05, 0) is 49.1 Å². The van der Waals surface area contributed by atoms with Crippen LogP contribution in [-0.4, -0.2) is 52.4 Å². The average Bonchev–Trinajstić information content (AvgIpc) is 3.12. The molecule has 0 aliphatic carbocycles. The number of fused-ring (bicyclic) bond motifs is 1. The molecule has 3 aromatic rings. The Labute approximate surface area is 179 Å². The standard InChI is InChI=1S/C25H32N4O/c1-18(20-9-5-4-6-10-20)15-28(3)17-23-22-12-7-13-26-25(22)27-24(23)21-11-8-14-29(16-21)19(2)30/h4-7,9-10,12-13,18,21H,8,11,14-17H2,1-3H3,(H,26,27)/t18-,21+/m0/s1. The van der Waals surface area contributed by atoms with E-state index in [9.17, 15) is 4.79 Å². The molecule has 1 saturated heterocycles. The highest BCUT2D eigenvalue weighted by Gasteiger charge is 2.27. The number of nitrogens with one attached hydrogen (secondary N) is 1. The summed E-state index contributed by atoms with van der Waals surface area (Å²) in [6.45, 7) is 7.48. The third-order valence-electron chi connectivity index (χ3n) is 6.37. The van der Waals surface area contributed by atoms with Gasteiger partial charge >= 0.3 is 0 Å². The first-order valence-corrected chi connectivity index (χ1v) is 11.0. The Kier molecular flexibility index (Phi) is 6.18. The van der Waals surface area contributed by atoms with Gasteiger partial charge in [0.1, 0.15) is 5.65 Å². The summed E-state index contributed by atoms with van der Waals surface area (Å²) in [7, 11) is 2.20. The van der Waals surface area contributed by atoms with Crippen molar-refractivity contribution in [1.82, 2.24) is 19.8 Å². The Bertz CT molecular complexity index is 997. The number of amides is 1. The largest absolute Gasteiger partial charge is 0.343 e. The van der Waals surface area contributed by atoms with Gasteiger partial charge in [0.2, 0.25) is 5.91 Å². The van der Waals surface area contributed by atoms with Gasteiger partial charge in [-0.1, -0.05) is 37.3 Å². The molecule has 5 nitrogen and oxygen atoms in total. The molecule has 5 heteroatoms. The molecule has 0 radical (unpaired) electrons. The number of carbonyl (C=O) groups is 1. The molecule has 2 atom stereocenters. The van der Waals surface area contributed by atoms with Crippen molar-refractivity contribution in [3.8, 4) is 0 Å². The number of hydrogen-bond donors (Lipinski definition) is 1. The highest BCUT2D eigenvalue weighted by molar-refractivity contribution is 5.81. The zero-order valence-electron chi connectivity index (χ0n) is 18.3. The van der Waals surface area contributed by atoms with E-state index in [-0.39, 0.29) is 5.91 Å². The van der Waals surface area contributed by atoms with Crippen molar-refractivity contribution < 1.29 is 4.79 Å². The summed E-state index contributed by atoms with van der Waals surface area (Å²) >= 11 is 0. The van der Waals surface area contributed by atoms with Crippen LogP contribution in [0, 0.1) is 0 Å². The zero-order valence-corrected chi connectivity index (χ0v) is 18.3. The Balaban J connectivity index is 1.58. The molecular formula is C25H32N4O. The van der Waals surface area contributed by atoms with Gasteiger partial charge in [0.15, 0.2) is 0 Å². The summed E-state index contributed by atoms with van der Waals surface area (Å²) in [6.07, 6.45) is 4.00. The average molecular weight is 405 g/mol. The van der Waals surface area contributed by atoms with E-state index in [1.165, 1.54) is 22.2 Å². The maximum atomic E-state index is 12.0. The fraction of sp³-hybridized carbons (Fsp3) is 0.440. The van der Waals surface area contributed by atoms with Crippen LogP contribution in [0.1, 0.15) is 55.3 Å². The number of aromatic amines is 1. The fourth-order valence-electron chi connectivity index (χ4n) is 4.80. The van der Waals surface area contributed by atoms with Gasteiger partial charge < -0.3 is 14.8 Å². The molecule has 1 amide bonds. The van der Waals surface area contributed by atoms with E-state index < -0.39 is 0 Å². The molecule has 0 unspecified atom stereocenters. The first-order valence-electron chi connectivity index (χ1n) is 11.0. The molecule has 4 rings (SSSR count). The van der Waals surface area contributed by atoms with E-state index in [1.807, 2.05) is 17.2 Å². The number of H-pyrrole nitrogens is 1. The van der Waals surface area contributed by atoms with Crippen LogP contribution in [0.3, 0.4) is 0 Å². The van der Waals surface area contributed by atoms with Gasteiger partial charge in [0, 0.05) is 56.3 Å². The van der Waals surface area contributed by atoms with Crippen molar-refractivity contribution in [3.05, 3.63) is 65.5 Å². The number of hydrogen-bond acceptors (Lipinski definition) is 3. The molecule has 1 N–H and O–H groups in total. The normalized spacial score (nSPS) is 18.1. The molecule has 30 heavy (non-hydrogen) atoms. The quantitative estimate of drug-likeness (QED) is 0.657. The molecule has 0 bridgehead atoms.